The highest BCUT2D eigenvalue weighted by molar-refractivity contribution is 9.09. The predicted molar refractivity (Wildman–Crippen MR) is 75.6 cm³/mol. The van der Waals surface area contributed by atoms with Crippen molar-refractivity contribution in [1.82, 2.24) is 4.90 Å². The Morgan fingerprint density at radius 2 is 1.95 bits per heavy atom. The maximum Gasteiger partial charge on any atom is 0.267 e. The Morgan fingerprint density at radius 1 is 1.16 bits per heavy atom. The quantitative estimate of drug-likeness (QED) is 0.475. The second-order valence-electron chi connectivity index (χ2n) is 4.39. The Morgan fingerprint density at radius 3 is 2.74 bits per heavy atom. The van der Waals surface area contributed by atoms with Gasteiger partial charge in [0.15, 0.2) is 6.61 Å². The van der Waals surface area contributed by atoms with Gasteiger partial charge < -0.3 is 4.74 Å². The number of unbranched alkanes of at least 4 members (excludes halogenated alkanes) is 2. The highest BCUT2D eigenvalue weighted by Gasteiger charge is 2.28. The fourth-order valence-electron chi connectivity index (χ4n) is 2.01. The first-order valence-electron chi connectivity index (χ1n) is 6.36. The lowest BCUT2D eigenvalue weighted by molar-refractivity contribution is -0.130. The van der Waals surface area contributed by atoms with E-state index in [0.29, 0.717) is 17.9 Å². The van der Waals surface area contributed by atoms with Gasteiger partial charge in [-0.2, -0.15) is 0 Å². The van der Waals surface area contributed by atoms with Crippen molar-refractivity contribution < 1.29 is 14.3 Å². The zero-order valence-corrected chi connectivity index (χ0v) is 12.2. The Balaban J connectivity index is 2.10. The van der Waals surface area contributed by atoms with Crippen LogP contribution in [0.1, 0.15) is 29.6 Å². The lowest BCUT2D eigenvalue weighted by Crippen LogP contribution is -2.38. The Bertz CT molecular complexity index is 476. The average molecular weight is 326 g/mol. The zero-order chi connectivity index (χ0) is 13.7. The number of carbonyl (C=O) groups excluding carboxylic acids is 2. The lowest BCUT2D eigenvalue weighted by atomic mass is 10.1. The second kappa shape index (κ2) is 6.70. The van der Waals surface area contributed by atoms with Crippen LogP contribution >= 0.6 is 15.9 Å². The average Bonchev–Trinajstić information content (AvgIpc) is 2.55. The maximum atomic E-state index is 12.3. The number of para-hydroxylation sites is 1. The van der Waals surface area contributed by atoms with E-state index in [-0.39, 0.29) is 18.4 Å². The molecule has 0 N–H and O–H groups in total. The highest BCUT2D eigenvalue weighted by atomic mass is 79.9. The van der Waals surface area contributed by atoms with E-state index >= 15 is 0 Å². The van der Waals surface area contributed by atoms with Gasteiger partial charge in [-0.1, -0.05) is 34.5 Å². The summed E-state index contributed by atoms with van der Waals surface area (Å²) in [5.41, 5.74) is 0.467. The van der Waals surface area contributed by atoms with Crippen LogP contribution in [0.2, 0.25) is 0 Å². The molecule has 2 rings (SSSR count). The van der Waals surface area contributed by atoms with Crippen LogP contribution in [0.3, 0.4) is 0 Å². The van der Waals surface area contributed by atoms with Gasteiger partial charge in [-0.15, -0.1) is 0 Å². The molecule has 1 aromatic carbocycles. The van der Waals surface area contributed by atoms with E-state index in [1.807, 2.05) is 0 Å². The van der Waals surface area contributed by atoms with Crippen molar-refractivity contribution in [3.63, 3.8) is 0 Å². The smallest absolute Gasteiger partial charge is 0.267 e. The minimum absolute atomic E-state index is 0.0683. The first-order chi connectivity index (χ1) is 9.24. The number of hydrogen-bond donors (Lipinski definition) is 0. The molecule has 1 aromatic rings. The van der Waals surface area contributed by atoms with Crippen LogP contribution in [0, 0.1) is 0 Å². The Hall–Kier alpha value is -1.36. The molecule has 0 aromatic heterocycles. The monoisotopic (exact) mass is 325 g/mol. The SMILES string of the molecule is O=C1COc2ccccc2C(=O)N1CCCCCBr. The topological polar surface area (TPSA) is 46.6 Å². The summed E-state index contributed by atoms with van der Waals surface area (Å²) in [6.45, 7) is 0.392. The Kier molecular flexibility index (Phi) is 4.96. The van der Waals surface area contributed by atoms with E-state index in [9.17, 15) is 9.59 Å². The first kappa shape index (κ1) is 14.1. The van der Waals surface area contributed by atoms with Gasteiger partial charge >= 0.3 is 0 Å². The van der Waals surface area contributed by atoms with Crippen LogP contribution in [0.15, 0.2) is 24.3 Å². The lowest BCUT2D eigenvalue weighted by Gasteiger charge is -2.17. The minimum Gasteiger partial charge on any atom is -0.483 e. The molecule has 0 bridgehead atoms. The van der Waals surface area contributed by atoms with Gasteiger partial charge in [0.25, 0.3) is 11.8 Å². The Labute approximate surface area is 120 Å². The zero-order valence-electron chi connectivity index (χ0n) is 10.6. The fourth-order valence-corrected chi connectivity index (χ4v) is 2.41. The van der Waals surface area contributed by atoms with E-state index in [1.165, 1.54) is 4.90 Å². The normalized spacial score (nSPS) is 14.9. The van der Waals surface area contributed by atoms with Crippen molar-refractivity contribution >= 4 is 27.7 Å². The third kappa shape index (κ3) is 3.35. The number of benzene rings is 1. The number of halogens is 1. The third-order valence-electron chi connectivity index (χ3n) is 3.03. The molecule has 1 aliphatic heterocycles. The third-order valence-corrected chi connectivity index (χ3v) is 3.59. The molecule has 2 amide bonds. The molecule has 102 valence electrons. The van der Waals surface area contributed by atoms with E-state index < -0.39 is 0 Å². The molecule has 0 fully saturated rings. The molecule has 0 unspecified atom stereocenters. The second-order valence-corrected chi connectivity index (χ2v) is 5.18. The summed E-state index contributed by atoms with van der Waals surface area (Å²) in [4.78, 5) is 25.6. The fraction of sp³-hybridized carbons (Fsp3) is 0.429. The molecular formula is C14H16BrNO3. The molecular weight excluding hydrogens is 310 g/mol. The molecule has 5 heteroatoms. The van der Waals surface area contributed by atoms with Gasteiger partial charge in [0, 0.05) is 11.9 Å². The number of carbonyl (C=O) groups is 2. The van der Waals surface area contributed by atoms with E-state index in [1.54, 1.807) is 24.3 Å². The van der Waals surface area contributed by atoms with Gasteiger partial charge in [-0.25, -0.2) is 0 Å². The molecule has 4 nitrogen and oxygen atoms in total. The number of alkyl halides is 1. The molecule has 0 radical (unpaired) electrons. The molecule has 0 saturated carbocycles. The van der Waals surface area contributed by atoms with E-state index in [4.69, 9.17) is 4.74 Å². The van der Waals surface area contributed by atoms with E-state index in [2.05, 4.69) is 15.9 Å². The van der Waals surface area contributed by atoms with Crippen LogP contribution in [0.25, 0.3) is 0 Å². The number of amides is 2. The maximum absolute atomic E-state index is 12.3. The summed E-state index contributed by atoms with van der Waals surface area (Å²) in [6, 6.07) is 6.98. The van der Waals surface area contributed by atoms with Gasteiger partial charge in [0.05, 0.1) is 5.56 Å². The van der Waals surface area contributed by atoms with Gasteiger partial charge in [-0.05, 0) is 25.0 Å². The first-order valence-corrected chi connectivity index (χ1v) is 7.48. The van der Waals surface area contributed by atoms with E-state index in [0.717, 1.165) is 24.6 Å². The van der Waals surface area contributed by atoms with Crippen LogP contribution in [0.5, 0.6) is 5.75 Å². The van der Waals surface area contributed by atoms with Crippen LogP contribution in [-0.4, -0.2) is 35.2 Å². The van der Waals surface area contributed by atoms with Gasteiger partial charge in [0.2, 0.25) is 0 Å². The molecule has 0 saturated heterocycles. The molecule has 1 heterocycles. The largest absolute Gasteiger partial charge is 0.483 e. The van der Waals surface area contributed by atoms with Crippen molar-refractivity contribution in [2.24, 2.45) is 0 Å². The molecule has 0 aliphatic carbocycles. The number of ether oxygens (including phenoxy) is 1. The van der Waals surface area contributed by atoms with Crippen LogP contribution < -0.4 is 4.74 Å². The number of hydrogen-bond acceptors (Lipinski definition) is 3. The number of nitrogens with zero attached hydrogens (tertiary/aromatic N) is 1. The number of fused-ring (bicyclic) bond motifs is 1. The summed E-state index contributed by atoms with van der Waals surface area (Å²) >= 11 is 3.37. The van der Waals surface area contributed by atoms with Crippen LogP contribution in [0.4, 0.5) is 0 Å². The van der Waals surface area contributed by atoms with Gasteiger partial charge in [0.1, 0.15) is 5.75 Å². The van der Waals surface area contributed by atoms with Crippen LogP contribution in [-0.2, 0) is 4.79 Å². The highest BCUT2D eigenvalue weighted by Crippen LogP contribution is 2.23. The van der Waals surface area contributed by atoms with Crippen molar-refractivity contribution in [2.75, 3.05) is 18.5 Å². The predicted octanol–water partition coefficient (Wildman–Crippen LogP) is 2.61. The number of imide groups is 1. The summed E-state index contributed by atoms with van der Waals surface area (Å²) in [5, 5.41) is 0.945. The van der Waals surface area contributed by atoms with Crippen molar-refractivity contribution in [2.45, 2.75) is 19.3 Å². The molecule has 0 atom stereocenters. The standard InChI is InChI=1S/C14H16BrNO3/c15-8-4-1-5-9-16-13(17)10-19-12-7-3-2-6-11(12)14(16)18/h2-3,6-7H,1,4-5,8-10H2. The van der Waals surface area contributed by atoms with Crippen molar-refractivity contribution in [3.05, 3.63) is 29.8 Å². The van der Waals surface area contributed by atoms with Gasteiger partial charge in [-0.3, -0.25) is 14.5 Å². The summed E-state index contributed by atoms with van der Waals surface area (Å²) < 4.78 is 5.37. The van der Waals surface area contributed by atoms with Crippen molar-refractivity contribution in [3.8, 4) is 5.75 Å². The molecule has 1 aliphatic rings. The minimum atomic E-state index is -0.264. The van der Waals surface area contributed by atoms with Crippen molar-refractivity contribution in [1.29, 1.82) is 0 Å². The molecule has 0 spiro atoms. The summed E-state index contributed by atoms with van der Waals surface area (Å²) in [6.07, 6.45) is 2.86. The summed E-state index contributed by atoms with van der Waals surface area (Å²) in [5.74, 6) is -0.0270. The number of rotatable bonds is 5. The molecule has 19 heavy (non-hydrogen) atoms. The summed E-state index contributed by atoms with van der Waals surface area (Å²) in [7, 11) is 0.